The first kappa shape index (κ1) is 22.0. The van der Waals surface area contributed by atoms with Gasteiger partial charge in [0.1, 0.15) is 5.82 Å². The lowest BCUT2D eigenvalue weighted by molar-refractivity contribution is -0.159. The van der Waals surface area contributed by atoms with Crippen LogP contribution in [0.5, 0.6) is 0 Å². The van der Waals surface area contributed by atoms with Crippen LogP contribution in [0.25, 0.3) is 22.3 Å². The van der Waals surface area contributed by atoms with Crippen LogP contribution in [0.2, 0.25) is 0 Å². The van der Waals surface area contributed by atoms with E-state index in [2.05, 4.69) is 34.8 Å². The summed E-state index contributed by atoms with van der Waals surface area (Å²) >= 11 is 0. The molecule has 1 saturated carbocycles. The highest BCUT2D eigenvalue weighted by Gasteiger charge is 2.55. The van der Waals surface area contributed by atoms with Gasteiger partial charge in [-0.2, -0.15) is 18.2 Å². The van der Waals surface area contributed by atoms with Gasteiger partial charge in [-0.3, -0.25) is 0 Å². The second-order valence-electron chi connectivity index (χ2n) is 9.15. The molecule has 182 valence electrons. The van der Waals surface area contributed by atoms with E-state index in [9.17, 15) is 17.6 Å². The van der Waals surface area contributed by atoms with Crippen molar-refractivity contribution in [3.8, 4) is 11.4 Å². The van der Waals surface area contributed by atoms with Gasteiger partial charge in [-0.25, -0.2) is 14.4 Å². The van der Waals surface area contributed by atoms with E-state index in [0.29, 0.717) is 30.2 Å². The number of piperidine rings is 1. The summed E-state index contributed by atoms with van der Waals surface area (Å²) in [4.78, 5) is 14.0. The van der Waals surface area contributed by atoms with Crippen molar-refractivity contribution in [2.75, 3.05) is 24.5 Å². The van der Waals surface area contributed by atoms with Crippen LogP contribution >= 0.6 is 0 Å². The average Bonchev–Trinajstić information content (AvgIpc) is 3.26. The number of alkyl halides is 3. The van der Waals surface area contributed by atoms with Crippen molar-refractivity contribution in [2.45, 2.75) is 12.7 Å². The highest BCUT2D eigenvalue weighted by Crippen LogP contribution is 2.51. The zero-order valence-electron chi connectivity index (χ0n) is 18.6. The molecular weight excluding hydrogens is 466 g/mol. The van der Waals surface area contributed by atoms with Gasteiger partial charge in [0, 0.05) is 56.2 Å². The minimum absolute atomic E-state index is 0.201. The predicted molar refractivity (Wildman–Crippen MR) is 118 cm³/mol. The van der Waals surface area contributed by atoms with Crippen molar-refractivity contribution >= 4 is 16.9 Å². The lowest BCUT2D eigenvalue weighted by Gasteiger charge is -2.19. The number of anilines is 1. The fraction of sp³-hybridized carbons (Fsp3) is 0.391. The fourth-order valence-electron chi connectivity index (χ4n) is 5.13. The molecule has 4 heterocycles. The first-order chi connectivity index (χ1) is 16.8. The molecule has 12 heteroatoms. The summed E-state index contributed by atoms with van der Waals surface area (Å²) in [5, 5.41) is 7.81. The summed E-state index contributed by atoms with van der Waals surface area (Å²) in [5.74, 6) is 0.351. The summed E-state index contributed by atoms with van der Waals surface area (Å²) < 4.78 is 57.9. The van der Waals surface area contributed by atoms with Gasteiger partial charge in [-0.15, -0.1) is 0 Å². The third-order valence-corrected chi connectivity index (χ3v) is 6.95. The smallest absolute Gasteiger partial charge is 0.350 e. The molecule has 2 atom stereocenters. The van der Waals surface area contributed by atoms with E-state index in [1.165, 1.54) is 18.5 Å². The van der Waals surface area contributed by atoms with E-state index in [4.69, 9.17) is 0 Å². The lowest BCUT2D eigenvalue weighted by atomic mass is 10.1. The summed E-state index contributed by atoms with van der Waals surface area (Å²) in [5.41, 5.74) is 2.34. The topological polar surface area (TPSA) is 84.9 Å². The molecule has 1 N–H and O–H groups in total. The zero-order chi connectivity index (χ0) is 24.3. The second kappa shape index (κ2) is 8.01. The van der Waals surface area contributed by atoms with Crippen LogP contribution in [-0.4, -0.2) is 44.3 Å². The maximum Gasteiger partial charge on any atom is 0.471 e. The first-order valence-electron chi connectivity index (χ1n) is 11.2. The largest absolute Gasteiger partial charge is 0.471 e. The molecule has 8 nitrogen and oxygen atoms in total. The number of nitrogens with one attached hydrogen (secondary N) is 1. The first-order valence-corrected chi connectivity index (χ1v) is 11.2. The maximum absolute atomic E-state index is 13.7. The van der Waals surface area contributed by atoms with E-state index in [0.717, 1.165) is 36.1 Å². The Morgan fingerprint density at radius 1 is 1.14 bits per heavy atom. The molecule has 6 rings (SSSR count). The molecule has 1 aliphatic heterocycles. The number of rotatable bonds is 6. The molecule has 0 amide bonds. The standard InChI is InChI=1S/C23H21F4N7O/c1-33-9-13(15-4-14(24)2-3-19(15)33)5-28-8-16-17-10-34(11-18(16)17)22-29-6-12(7-30-22)20-31-21(35-32-20)23(25,26)27/h2-4,6-7,9,16-18,28H,5,8,10-11H2,1H3. The molecule has 4 aromatic rings. The number of nitrogens with zero attached hydrogens (tertiary/aromatic N) is 6. The lowest BCUT2D eigenvalue weighted by Crippen LogP contribution is -2.28. The number of hydrogen-bond donors (Lipinski definition) is 1. The number of hydrogen-bond acceptors (Lipinski definition) is 7. The van der Waals surface area contributed by atoms with Gasteiger partial charge in [0.2, 0.25) is 11.8 Å². The predicted octanol–water partition coefficient (Wildman–Crippen LogP) is 3.65. The third kappa shape index (κ3) is 4.01. The number of fused-ring (bicyclic) bond motifs is 2. The Bertz CT molecular complexity index is 1370. The Morgan fingerprint density at radius 2 is 1.89 bits per heavy atom. The average molecular weight is 487 g/mol. The van der Waals surface area contributed by atoms with E-state index >= 15 is 0 Å². The molecular formula is C23H21F4N7O. The van der Waals surface area contributed by atoms with Crippen LogP contribution in [0.4, 0.5) is 23.5 Å². The summed E-state index contributed by atoms with van der Waals surface area (Å²) in [6, 6.07) is 4.85. The van der Waals surface area contributed by atoms with Crippen molar-refractivity contribution in [1.29, 1.82) is 0 Å². The highest BCUT2D eigenvalue weighted by molar-refractivity contribution is 5.84. The van der Waals surface area contributed by atoms with Crippen LogP contribution in [-0.2, 0) is 19.8 Å². The Morgan fingerprint density at radius 3 is 2.57 bits per heavy atom. The SMILES string of the molecule is Cn1cc(CNCC2C3CN(c4ncc(-c5noc(C(F)(F)F)n5)cn4)CC23)c2cc(F)ccc21. The van der Waals surface area contributed by atoms with Gasteiger partial charge in [-0.05, 0) is 48.1 Å². The molecule has 1 saturated heterocycles. The van der Waals surface area contributed by atoms with Crippen LogP contribution in [0.3, 0.4) is 0 Å². The van der Waals surface area contributed by atoms with Gasteiger partial charge in [-0.1, -0.05) is 5.16 Å². The minimum atomic E-state index is -4.69. The molecule has 0 bridgehead atoms. The molecule has 0 spiro atoms. The van der Waals surface area contributed by atoms with Crippen LogP contribution in [0, 0.1) is 23.6 Å². The molecule has 3 aromatic heterocycles. The molecule has 2 unspecified atom stereocenters. The summed E-state index contributed by atoms with van der Waals surface area (Å²) in [6.07, 6.45) is 0.152. The van der Waals surface area contributed by atoms with Gasteiger partial charge in [0.05, 0.1) is 5.56 Å². The zero-order valence-corrected chi connectivity index (χ0v) is 18.6. The molecule has 0 radical (unpaired) electrons. The van der Waals surface area contributed by atoms with Crippen molar-refractivity contribution < 1.29 is 22.1 Å². The Hall–Kier alpha value is -3.54. The number of halogens is 4. The summed E-state index contributed by atoms with van der Waals surface area (Å²) in [6.45, 7) is 3.22. The maximum atomic E-state index is 13.7. The monoisotopic (exact) mass is 487 g/mol. The van der Waals surface area contributed by atoms with Crippen LogP contribution in [0.15, 0.2) is 41.3 Å². The second-order valence-corrected chi connectivity index (χ2v) is 9.15. The van der Waals surface area contributed by atoms with E-state index < -0.39 is 12.1 Å². The molecule has 2 aliphatic rings. The normalized spacial score (nSPS) is 21.6. The van der Waals surface area contributed by atoms with Crippen molar-refractivity contribution in [1.82, 2.24) is 30.0 Å². The number of aryl methyl sites for hydroxylation is 1. The Kier molecular flexibility index (Phi) is 5.02. The van der Waals surface area contributed by atoms with Crippen molar-refractivity contribution in [3.63, 3.8) is 0 Å². The quantitative estimate of drug-likeness (QED) is 0.416. The van der Waals surface area contributed by atoms with Crippen molar-refractivity contribution in [2.24, 2.45) is 24.8 Å². The number of benzene rings is 1. The van der Waals surface area contributed by atoms with Gasteiger partial charge < -0.3 is 19.3 Å². The van der Waals surface area contributed by atoms with Gasteiger partial charge in [0.25, 0.3) is 0 Å². The molecule has 1 aromatic carbocycles. The molecule has 1 aliphatic carbocycles. The third-order valence-electron chi connectivity index (χ3n) is 6.95. The minimum Gasteiger partial charge on any atom is -0.350 e. The highest BCUT2D eigenvalue weighted by atomic mass is 19.4. The molecule has 35 heavy (non-hydrogen) atoms. The Balaban J connectivity index is 1.02. The van der Waals surface area contributed by atoms with Gasteiger partial charge in [0.15, 0.2) is 0 Å². The fourth-order valence-corrected chi connectivity index (χ4v) is 5.13. The van der Waals surface area contributed by atoms with Crippen molar-refractivity contribution in [3.05, 3.63) is 54.1 Å². The summed E-state index contributed by atoms with van der Waals surface area (Å²) in [7, 11) is 1.96. The van der Waals surface area contributed by atoms with Crippen LogP contribution < -0.4 is 10.2 Å². The van der Waals surface area contributed by atoms with E-state index in [1.807, 2.05) is 17.8 Å². The number of aromatic nitrogens is 5. The van der Waals surface area contributed by atoms with Crippen LogP contribution in [0.1, 0.15) is 11.5 Å². The Labute approximate surface area is 197 Å². The van der Waals surface area contributed by atoms with E-state index in [1.54, 1.807) is 12.1 Å². The van der Waals surface area contributed by atoms with Gasteiger partial charge >= 0.3 is 12.1 Å². The molecule has 2 fully saturated rings. The van der Waals surface area contributed by atoms with E-state index in [-0.39, 0.29) is 17.2 Å².